The van der Waals surface area contributed by atoms with Crippen molar-refractivity contribution in [3.8, 4) is 0 Å². The maximum atomic E-state index is 6.12. The molecule has 3 N–H and O–H groups in total. The molecule has 0 atom stereocenters. The summed E-state index contributed by atoms with van der Waals surface area (Å²) >= 11 is 20.6. The number of anilines is 2. The molecular formula is C13H9BrCl2N2S. The first-order valence-electron chi connectivity index (χ1n) is 5.29. The largest absolute Gasteiger partial charge is 0.389 e. The topological polar surface area (TPSA) is 38.0 Å². The van der Waals surface area contributed by atoms with E-state index in [0.717, 1.165) is 15.7 Å². The lowest BCUT2D eigenvalue weighted by Gasteiger charge is -2.14. The highest BCUT2D eigenvalue weighted by molar-refractivity contribution is 9.10. The summed E-state index contributed by atoms with van der Waals surface area (Å²) in [6.45, 7) is 0. The van der Waals surface area contributed by atoms with Crippen LogP contribution in [0.1, 0.15) is 5.56 Å². The molecule has 2 aromatic carbocycles. The predicted octanol–water partition coefficient (Wildman–Crippen LogP) is 5.13. The van der Waals surface area contributed by atoms with E-state index < -0.39 is 0 Å². The molecule has 0 aliphatic rings. The van der Waals surface area contributed by atoms with E-state index in [-0.39, 0.29) is 0 Å². The maximum absolute atomic E-state index is 6.12. The Morgan fingerprint density at radius 1 is 1.16 bits per heavy atom. The Kier molecular flexibility index (Phi) is 4.68. The molecule has 0 amide bonds. The van der Waals surface area contributed by atoms with Crippen LogP contribution in [0.2, 0.25) is 10.0 Å². The molecule has 2 nitrogen and oxygen atoms in total. The molecule has 6 heteroatoms. The normalized spacial score (nSPS) is 10.3. The Labute approximate surface area is 135 Å². The first-order chi connectivity index (χ1) is 8.99. The molecule has 0 bridgehead atoms. The highest BCUT2D eigenvalue weighted by Crippen LogP contribution is 2.32. The van der Waals surface area contributed by atoms with Crippen LogP contribution in [0.15, 0.2) is 40.9 Å². The van der Waals surface area contributed by atoms with E-state index in [1.807, 2.05) is 18.2 Å². The summed E-state index contributed by atoms with van der Waals surface area (Å²) in [6.07, 6.45) is 0. The summed E-state index contributed by atoms with van der Waals surface area (Å²) < 4.78 is 0.822. The maximum Gasteiger partial charge on any atom is 0.107 e. The standard InChI is InChI=1S/C13H9BrCl2N2S/c14-8-2-1-3-10(12(8)13(17)19)18-11-6-7(15)4-5-9(11)16/h1-6,18H,(H2,17,19). The van der Waals surface area contributed by atoms with E-state index in [9.17, 15) is 0 Å². The fraction of sp³-hybridized carbons (Fsp3) is 0. The van der Waals surface area contributed by atoms with Crippen LogP contribution in [0.25, 0.3) is 0 Å². The van der Waals surface area contributed by atoms with Crippen LogP contribution >= 0.6 is 51.3 Å². The Morgan fingerprint density at radius 3 is 2.58 bits per heavy atom. The van der Waals surface area contributed by atoms with Crippen molar-refractivity contribution in [2.45, 2.75) is 0 Å². The van der Waals surface area contributed by atoms with E-state index >= 15 is 0 Å². The molecule has 0 heterocycles. The van der Waals surface area contributed by atoms with Crippen LogP contribution in [0.4, 0.5) is 11.4 Å². The first-order valence-corrected chi connectivity index (χ1v) is 7.25. The Balaban J connectivity index is 2.46. The lowest BCUT2D eigenvalue weighted by atomic mass is 10.1. The van der Waals surface area contributed by atoms with Crippen LogP contribution in [0.5, 0.6) is 0 Å². The Bertz CT molecular complexity index is 647. The molecule has 0 saturated carbocycles. The first kappa shape index (κ1) is 14.6. The SMILES string of the molecule is NC(=S)c1c(Br)cccc1Nc1cc(Cl)ccc1Cl. The van der Waals surface area contributed by atoms with Crippen molar-refractivity contribution in [1.29, 1.82) is 0 Å². The smallest absolute Gasteiger partial charge is 0.107 e. The fourth-order valence-electron chi connectivity index (χ4n) is 1.62. The number of nitrogens with one attached hydrogen (secondary N) is 1. The molecule has 0 unspecified atom stereocenters. The number of halogens is 3. The summed E-state index contributed by atoms with van der Waals surface area (Å²) in [6, 6.07) is 10.8. The molecular weight excluding hydrogens is 367 g/mol. The van der Waals surface area contributed by atoms with Gasteiger partial charge in [-0.1, -0.05) is 41.5 Å². The van der Waals surface area contributed by atoms with Crippen molar-refractivity contribution < 1.29 is 0 Å². The minimum Gasteiger partial charge on any atom is -0.389 e. The predicted molar refractivity (Wildman–Crippen MR) is 89.8 cm³/mol. The van der Waals surface area contributed by atoms with Gasteiger partial charge in [0.15, 0.2) is 0 Å². The summed E-state index contributed by atoms with van der Waals surface area (Å²) in [5.74, 6) is 0. The van der Waals surface area contributed by atoms with Gasteiger partial charge in [0.05, 0.1) is 10.7 Å². The van der Waals surface area contributed by atoms with Gasteiger partial charge in [-0.3, -0.25) is 0 Å². The van der Waals surface area contributed by atoms with Gasteiger partial charge in [-0.15, -0.1) is 0 Å². The Morgan fingerprint density at radius 2 is 1.89 bits per heavy atom. The molecule has 0 aliphatic heterocycles. The molecule has 2 rings (SSSR count). The molecule has 0 fully saturated rings. The van der Waals surface area contributed by atoms with Crippen LogP contribution in [-0.2, 0) is 0 Å². The van der Waals surface area contributed by atoms with E-state index in [0.29, 0.717) is 20.7 Å². The minimum atomic E-state index is 0.299. The summed E-state index contributed by atoms with van der Waals surface area (Å²) in [5, 5.41) is 4.35. The second-order valence-corrected chi connectivity index (χ2v) is 5.91. The number of hydrogen-bond acceptors (Lipinski definition) is 2. The van der Waals surface area contributed by atoms with E-state index in [1.165, 1.54) is 0 Å². The van der Waals surface area contributed by atoms with Crippen molar-refractivity contribution in [2.75, 3.05) is 5.32 Å². The average Bonchev–Trinajstić information content (AvgIpc) is 2.33. The fourth-order valence-corrected chi connectivity index (χ4v) is 2.88. The van der Waals surface area contributed by atoms with Gasteiger partial charge in [-0.2, -0.15) is 0 Å². The van der Waals surface area contributed by atoms with Gasteiger partial charge >= 0.3 is 0 Å². The third-order valence-electron chi connectivity index (χ3n) is 2.46. The monoisotopic (exact) mass is 374 g/mol. The average molecular weight is 376 g/mol. The van der Waals surface area contributed by atoms with Crippen molar-refractivity contribution in [1.82, 2.24) is 0 Å². The Hall–Kier alpha value is -0.810. The van der Waals surface area contributed by atoms with Crippen molar-refractivity contribution in [3.63, 3.8) is 0 Å². The molecule has 0 spiro atoms. The van der Waals surface area contributed by atoms with Gasteiger partial charge in [-0.05, 0) is 46.3 Å². The summed E-state index contributed by atoms with van der Waals surface area (Å²) in [4.78, 5) is 0.299. The third-order valence-corrected chi connectivity index (χ3v) is 3.89. The van der Waals surface area contributed by atoms with E-state index in [4.69, 9.17) is 41.2 Å². The zero-order valence-electron chi connectivity index (χ0n) is 9.58. The molecule has 19 heavy (non-hydrogen) atoms. The number of nitrogens with two attached hydrogens (primary N) is 1. The minimum absolute atomic E-state index is 0.299. The van der Waals surface area contributed by atoms with Gasteiger partial charge in [-0.25, -0.2) is 0 Å². The lowest BCUT2D eigenvalue weighted by Crippen LogP contribution is -2.12. The van der Waals surface area contributed by atoms with Crippen molar-refractivity contribution >= 4 is 67.7 Å². The van der Waals surface area contributed by atoms with Crippen LogP contribution in [-0.4, -0.2) is 4.99 Å². The van der Waals surface area contributed by atoms with E-state index in [2.05, 4.69) is 21.2 Å². The zero-order valence-corrected chi connectivity index (χ0v) is 13.5. The highest BCUT2D eigenvalue weighted by atomic mass is 79.9. The molecule has 0 aromatic heterocycles. The van der Waals surface area contributed by atoms with Crippen LogP contribution in [0, 0.1) is 0 Å². The second kappa shape index (κ2) is 6.09. The van der Waals surface area contributed by atoms with Crippen LogP contribution < -0.4 is 11.1 Å². The van der Waals surface area contributed by atoms with Crippen molar-refractivity contribution in [2.24, 2.45) is 5.73 Å². The van der Waals surface area contributed by atoms with Gasteiger partial charge in [0.2, 0.25) is 0 Å². The number of thiocarbonyl (C=S) groups is 1. The van der Waals surface area contributed by atoms with Crippen molar-refractivity contribution in [3.05, 3.63) is 56.5 Å². The molecule has 2 aromatic rings. The van der Waals surface area contributed by atoms with Crippen LogP contribution in [0.3, 0.4) is 0 Å². The lowest BCUT2D eigenvalue weighted by molar-refractivity contribution is 1.50. The zero-order chi connectivity index (χ0) is 14.0. The van der Waals surface area contributed by atoms with Gasteiger partial charge in [0.1, 0.15) is 4.99 Å². The third kappa shape index (κ3) is 3.39. The second-order valence-electron chi connectivity index (χ2n) is 3.78. The quantitative estimate of drug-likeness (QED) is 0.730. The number of rotatable bonds is 3. The van der Waals surface area contributed by atoms with Gasteiger partial charge in [0, 0.05) is 20.7 Å². The number of benzene rings is 2. The highest BCUT2D eigenvalue weighted by Gasteiger charge is 2.11. The van der Waals surface area contributed by atoms with E-state index in [1.54, 1.807) is 18.2 Å². The molecule has 0 radical (unpaired) electrons. The number of hydrogen-bond donors (Lipinski definition) is 2. The molecule has 0 aliphatic carbocycles. The summed E-state index contributed by atoms with van der Waals surface area (Å²) in [7, 11) is 0. The van der Waals surface area contributed by atoms with Gasteiger partial charge < -0.3 is 11.1 Å². The summed E-state index contributed by atoms with van der Waals surface area (Å²) in [5.41, 5.74) is 7.94. The molecule has 0 saturated heterocycles. The van der Waals surface area contributed by atoms with Gasteiger partial charge in [0.25, 0.3) is 0 Å². The molecule has 98 valence electrons.